The molecule has 1 aliphatic heterocycles. The molecule has 0 unspecified atom stereocenters. The van der Waals surface area contributed by atoms with E-state index in [0.717, 1.165) is 0 Å². The van der Waals surface area contributed by atoms with Gasteiger partial charge in [-0.1, -0.05) is 40.2 Å². The number of rotatable bonds is 5. The summed E-state index contributed by atoms with van der Waals surface area (Å²) in [5.41, 5.74) is -2.94. The van der Waals surface area contributed by atoms with Gasteiger partial charge >= 0.3 is 5.97 Å². The number of nitrogens with two attached hydrogens (primary N) is 1. The van der Waals surface area contributed by atoms with Gasteiger partial charge < -0.3 is 10.1 Å². The van der Waals surface area contributed by atoms with E-state index in [1.165, 1.54) is 48.5 Å². The van der Waals surface area contributed by atoms with Gasteiger partial charge in [0.1, 0.15) is 5.70 Å². The van der Waals surface area contributed by atoms with E-state index in [4.69, 9.17) is 9.88 Å². The van der Waals surface area contributed by atoms with Crippen molar-refractivity contribution in [1.29, 1.82) is 0 Å². The minimum atomic E-state index is -3.96. The van der Waals surface area contributed by atoms with Crippen molar-refractivity contribution in [3.05, 3.63) is 105 Å². The van der Waals surface area contributed by atoms with Crippen LogP contribution in [0.3, 0.4) is 0 Å². The summed E-state index contributed by atoms with van der Waals surface area (Å²) in [5, 5.41) is 7.86. The van der Waals surface area contributed by atoms with Crippen LogP contribution in [0.5, 0.6) is 0 Å². The molecule has 3 aromatic rings. The number of esters is 1. The van der Waals surface area contributed by atoms with Crippen LogP contribution in [0.1, 0.15) is 31.1 Å². The summed E-state index contributed by atoms with van der Waals surface area (Å²) >= 11 is 3.29. The number of anilines is 1. The number of carbonyl (C=O) groups excluding carboxylic acids is 4. The first kappa shape index (κ1) is 23.8. The summed E-state index contributed by atoms with van der Waals surface area (Å²) < 4.78 is 29.3. The van der Waals surface area contributed by atoms with Crippen molar-refractivity contribution in [2.45, 2.75) is 10.5 Å². The SMILES string of the molecule is NS(=O)(=O)c1ccc(NC2=C(C(=O)c3ccc(Br)cc3)C3(OC2=O)C(=O)c2ccccc2C3=O)cc1. The predicted molar refractivity (Wildman–Crippen MR) is 131 cm³/mol. The van der Waals surface area contributed by atoms with Crippen molar-refractivity contribution in [3.63, 3.8) is 0 Å². The molecule has 0 radical (unpaired) electrons. The average molecular weight is 567 g/mol. The first-order valence-electron chi connectivity index (χ1n) is 10.4. The topological polar surface area (TPSA) is 150 Å². The number of hydrogen-bond donors (Lipinski definition) is 2. The van der Waals surface area contributed by atoms with E-state index < -0.39 is 50.2 Å². The fraction of sp³-hybridized carbons (Fsp3) is 0.0400. The van der Waals surface area contributed by atoms with Crippen molar-refractivity contribution >= 4 is 55.0 Å². The Morgan fingerprint density at radius 3 is 1.94 bits per heavy atom. The number of halogens is 1. The summed E-state index contributed by atoms with van der Waals surface area (Å²) in [6, 6.07) is 17.2. The molecule has 180 valence electrons. The van der Waals surface area contributed by atoms with Crippen LogP contribution in [0.4, 0.5) is 5.69 Å². The van der Waals surface area contributed by atoms with Gasteiger partial charge in [0.15, 0.2) is 5.78 Å². The molecule has 0 saturated heterocycles. The Morgan fingerprint density at radius 2 is 1.42 bits per heavy atom. The number of carbonyl (C=O) groups is 4. The van der Waals surface area contributed by atoms with Crippen LogP contribution >= 0.6 is 15.9 Å². The number of ketones is 3. The van der Waals surface area contributed by atoms with Gasteiger partial charge in [-0.2, -0.15) is 0 Å². The maximum absolute atomic E-state index is 13.7. The molecule has 9 nitrogen and oxygen atoms in total. The van der Waals surface area contributed by atoms with E-state index in [1.54, 1.807) is 24.3 Å². The molecule has 11 heteroatoms. The summed E-state index contributed by atoms with van der Waals surface area (Å²) in [6.07, 6.45) is 0. The van der Waals surface area contributed by atoms with E-state index >= 15 is 0 Å². The van der Waals surface area contributed by atoms with E-state index in [1.807, 2.05) is 0 Å². The van der Waals surface area contributed by atoms with Gasteiger partial charge in [-0.15, -0.1) is 0 Å². The molecule has 0 fully saturated rings. The average Bonchev–Trinajstić information content (AvgIpc) is 3.25. The number of ether oxygens (including phenoxy) is 1. The zero-order valence-corrected chi connectivity index (χ0v) is 20.6. The molecule has 0 saturated carbocycles. The number of Topliss-reactive ketones (excluding diaryl/α,β-unsaturated/α-hetero) is 3. The zero-order valence-electron chi connectivity index (χ0n) is 18.1. The van der Waals surface area contributed by atoms with E-state index in [-0.39, 0.29) is 27.3 Å². The minimum absolute atomic E-state index is 0.0372. The fourth-order valence-corrected chi connectivity index (χ4v) is 4.99. The first-order chi connectivity index (χ1) is 17.0. The number of hydrogen-bond acceptors (Lipinski definition) is 8. The summed E-state index contributed by atoms with van der Waals surface area (Å²) in [6.45, 7) is 0. The molecule has 0 amide bonds. The van der Waals surface area contributed by atoms with Crippen molar-refractivity contribution in [1.82, 2.24) is 0 Å². The highest BCUT2D eigenvalue weighted by atomic mass is 79.9. The molecule has 2 aliphatic rings. The Bertz CT molecular complexity index is 1590. The standard InChI is InChI=1S/C25H15BrN2O7S/c26-14-7-5-13(6-8-14)21(29)19-20(28-15-9-11-16(12-10-15)36(27,33)34)24(32)35-25(19)22(30)17-3-1-2-4-18(17)23(25)31/h1-12,28H,(H2,27,33,34). The zero-order chi connectivity index (χ0) is 25.8. The Kier molecular flexibility index (Phi) is 5.51. The highest BCUT2D eigenvalue weighted by Gasteiger charge is 2.65. The maximum Gasteiger partial charge on any atom is 0.357 e. The smallest absolute Gasteiger partial charge is 0.357 e. The van der Waals surface area contributed by atoms with E-state index in [2.05, 4.69) is 21.2 Å². The lowest BCUT2D eigenvalue weighted by Gasteiger charge is -2.21. The van der Waals surface area contributed by atoms with Crippen LogP contribution < -0.4 is 10.5 Å². The van der Waals surface area contributed by atoms with Crippen LogP contribution in [-0.2, 0) is 19.6 Å². The maximum atomic E-state index is 13.7. The van der Waals surface area contributed by atoms with Crippen LogP contribution in [0.2, 0.25) is 0 Å². The lowest BCUT2D eigenvalue weighted by atomic mass is 9.83. The highest BCUT2D eigenvalue weighted by Crippen LogP contribution is 2.45. The number of benzene rings is 3. The van der Waals surface area contributed by atoms with Gasteiger partial charge in [-0.05, 0) is 48.5 Å². The second kappa shape index (κ2) is 8.33. The summed E-state index contributed by atoms with van der Waals surface area (Å²) in [5.74, 6) is -3.48. The van der Waals surface area contributed by atoms with Crippen LogP contribution in [-0.4, -0.2) is 37.3 Å². The second-order valence-electron chi connectivity index (χ2n) is 8.05. The molecule has 0 bridgehead atoms. The molecular formula is C25H15BrN2O7S. The minimum Gasteiger partial charge on any atom is -0.432 e. The van der Waals surface area contributed by atoms with Crippen LogP contribution in [0, 0.1) is 0 Å². The van der Waals surface area contributed by atoms with Crippen molar-refractivity contribution in [3.8, 4) is 0 Å². The summed E-state index contributed by atoms with van der Waals surface area (Å²) in [7, 11) is -3.96. The Labute approximate surface area is 213 Å². The van der Waals surface area contributed by atoms with Gasteiger partial charge in [-0.25, -0.2) is 18.4 Å². The number of primary sulfonamides is 1. The molecule has 1 aliphatic carbocycles. The number of sulfonamides is 1. The molecule has 5 rings (SSSR count). The van der Waals surface area contributed by atoms with Crippen molar-refractivity contribution in [2.24, 2.45) is 5.14 Å². The normalized spacial score (nSPS) is 16.3. The van der Waals surface area contributed by atoms with Gasteiger partial charge in [0, 0.05) is 26.9 Å². The third kappa shape index (κ3) is 3.60. The van der Waals surface area contributed by atoms with Crippen molar-refractivity contribution in [2.75, 3.05) is 5.32 Å². The first-order valence-corrected chi connectivity index (χ1v) is 12.7. The molecule has 1 heterocycles. The molecule has 3 aromatic carbocycles. The van der Waals surface area contributed by atoms with Gasteiger partial charge in [0.25, 0.3) is 5.60 Å². The summed E-state index contributed by atoms with van der Waals surface area (Å²) in [4.78, 5) is 53.7. The quantitative estimate of drug-likeness (QED) is 0.272. The van der Waals surface area contributed by atoms with Gasteiger partial charge in [-0.3, -0.25) is 14.4 Å². The lowest BCUT2D eigenvalue weighted by Crippen LogP contribution is -2.46. The lowest BCUT2D eigenvalue weighted by molar-refractivity contribution is -0.141. The van der Waals surface area contributed by atoms with E-state index in [9.17, 15) is 27.6 Å². The molecule has 0 aromatic heterocycles. The van der Waals surface area contributed by atoms with Gasteiger partial charge in [0.2, 0.25) is 21.6 Å². The molecule has 36 heavy (non-hydrogen) atoms. The third-order valence-corrected chi connectivity index (χ3v) is 7.35. The third-order valence-electron chi connectivity index (χ3n) is 5.89. The van der Waals surface area contributed by atoms with Crippen LogP contribution in [0.15, 0.2) is 93.4 Å². The predicted octanol–water partition coefficient (Wildman–Crippen LogP) is 3.02. The number of nitrogens with one attached hydrogen (secondary N) is 1. The highest BCUT2D eigenvalue weighted by molar-refractivity contribution is 9.10. The molecule has 1 spiro atoms. The number of fused-ring (bicyclic) bond motifs is 1. The Morgan fingerprint density at radius 1 is 0.861 bits per heavy atom. The van der Waals surface area contributed by atoms with Gasteiger partial charge in [0.05, 0.1) is 10.5 Å². The largest absolute Gasteiger partial charge is 0.432 e. The molecule has 0 atom stereocenters. The molecular weight excluding hydrogens is 552 g/mol. The fourth-order valence-electron chi connectivity index (χ4n) is 4.21. The Balaban J connectivity index is 1.69. The monoisotopic (exact) mass is 566 g/mol. The van der Waals surface area contributed by atoms with E-state index in [0.29, 0.717) is 4.47 Å². The van der Waals surface area contributed by atoms with Crippen molar-refractivity contribution < 1.29 is 32.3 Å². The van der Waals surface area contributed by atoms with Crippen LogP contribution in [0.25, 0.3) is 0 Å². The molecule has 3 N–H and O–H groups in total. The second-order valence-corrected chi connectivity index (χ2v) is 10.5. The Hall–Kier alpha value is -3.93.